The van der Waals surface area contributed by atoms with Crippen LogP contribution in [0.1, 0.15) is 17.8 Å². The average molecular weight is 369 g/mol. The van der Waals surface area contributed by atoms with E-state index in [-0.39, 0.29) is 5.82 Å². The lowest BCUT2D eigenvalue weighted by molar-refractivity contribution is 0.315. The van der Waals surface area contributed by atoms with Crippen molar-refractivity contribution in [2.45, 2.75) is 25.9 Å². The fourth-order valence-electron chi connectivity index (χ4n) is 3.48. The Hall–Kier alpha value is -2.74. The summed E-state index contributed by atoms with van der Waals surface area (Å²) in [5.41, 5.74) is 2.71. The van der Waals surface area contributed by atoms with E-state index in [0.717, 1.165) is 42.4 Å². The molecule has 4 rings (SSSR count). The van der Waals surface area contributed by atoms with Crippen molar-refractivity contribution in [2.24, 2.45) is 0 Å². The highest BCUT2D eigenvalue weighted by Crippen LogP contribution is 2.22. The second-order valence-electron chi connectivity index (χ2n) is 7.17. The molecule has 0 spiro atoms. The fraction of sp³-hybridized carbons (Fsp3) is 0.421. The smallest absolute Gasteiger partial charge is 0.154 e. The molecule has 27 heavy (non-hydrogen) atoms. The first-order chi connectivity index (χ1) is 13.0. The highest BCUT2D eigenvalue weighted by atomic mass is 19.1. The van der Waals surface area contributed by atoms with E-state index in [4.69, 9.17) is 5.10 Å². The van der Waals surface area contributed by atoms with Gasteiger partial charge in [-0.1, -0.05) is 0 Å². The van der Waals surface area contributed by atoms with Crippen molar-refractivity contribution in [3.8, 4) is 0 Å². The maximum Gasteiger partial charge on any atom is 0.154 e. The van der Waals surface area contributed by atoms with Crippen LogP contribution in [0.3, 0.4) is 0 Å². The number of imidazole rings is 1. The maximum absolute atomic E-state index is 13.0. The summed E-state index contributed by atoms with van der Waals surface area (Å²) in [5.74, 6) is 1.24. The number of nitrogens with one attached hydrogen (secondary N) is 1. The summed E-state index contributed by atoms with van der Waals surface area (Å²) in [6.07, 6.45) is 2.34. The van der Waals surface area contributed by atoms with Gasteiger partial charge >= 0.3 is 0 Å². The van der Waals surface area contributed by atoms with Gasteiger partial charge in [-0.3, -0.25) is 0 Å². The van der Waals surface area contributed by atoms with E-state index in [0.29, 0.717) is 18.4 Å². The molecule has 1 saturated heterocycles. The Morgan fingerprint density at radius 3 is 2.81 bits per heavy atom. The number of halogens is 1. The van der Waals surface area contributed by atoms with E-state index in [1.807, 2.05) is 23.6 Å². The third-order valence-corrected chi connectivity index (χ3v) is 5.14. The number of fused-ring (bicyclic) bond motifs is 1. The standard InChI is InChI=1S/C19H24FN7/c1-13-16(11-22-17-5-4-14(20)10-21-17)27-18(23-13)6-7-19(24-27)26-9-8-15(12-26)25(2)3/h4-7,10,15H,8-9,11-12H2,1-3H3,(H,21,22)/t15-/m0/s1. The summed E-state index contributed by atoms with van der Waals surface area (Å²) in [5, 5.41) is 8.06. The van der Waals surface area contributed by atoms with Gasteiger partial charge in [0.2, 0.25) is 0 Å². The SMILES string of the molecule is Cc1nc2ccc(N3CC[C@H](N(C)C)C3)nn2c1CNc1ccc(F)cn1. The molecular formula is C19H24FN7. The van der Waals surface area contributed by atoms with Gasteiger partial charge in [-0.05, 0) is 51.7 Å². The molecule has 7 nitrogen and oxygen atoms in total. The van der Waals surface area contributed by atoms with Crippen LogP contribution in [-0.4, -0.2) is 57.7 Å². The van der Waals surface area contributed by atoms with E-state index < -0.39 is 0 Å². The van der Waals surface area contributed by atoms with E-state index in [1.165, 1.54) is 12.3 Å². The van der Waals surface area contributed by atoms with Gasteiger partial charge < -0.3 is 15.1 Å². The molecule has 1 aliphatic heterocycles. The van der Waals surface area contributed by atoms with Crippen LogP contribution in [0.5, 0.6) is 0 Å². The van der Waals surface area contributed by atoms with Crippen molar-refractivity contribution in [2.75, 3.05) is 37.4 Å². The molecule has 0 unspecified atom stereocenters. The lowest BCUT2D eigenvalue weighted by Gasteiger charge is -2.21. The third-order valence-electron chi connectivity index (χ3n) is 5.14. The number of anilines is 2. The Kier molecular flexibility index (Phi) is 4.65. The number of pyridine rings is 1. The van der Waals surface area contributed by atoms with Gasteiger partial charge in [0, 0.05) is 19.1 Å². The molecule has 4 heterocycles. The fourth-order valence-corrected chi connectivity index (χ4v) is 3.48. The minimum Gasteiger partial charge on any atom is -0.364 e. The number of nitrogens with zero attached hydrogens (tertiary/aromatic N) is 6. The lowest BCUT2D eigenvalue weighted by atomic mass is 10.2. The van der Waals surface area contributed by atoms with Gasteiger partial charge in [-0.25, -0.2) is 18.9 Å². The topological polar surface area (TPSA) is 61.6 Å². The highest BCUT2D eigenvalue weighted by molar-refractivity contribution is 5.49. The highest BCUT2D eigenvalue weighted by Gasteiger charge is 2.25. The predicted octanol–water partition coefficient (Wildman–Crippen LogP) is 2.32. The van der Waals surface area contributed by atoms with Gasteiger partial charge in [0.25, 0.3) is 0 Å². The number of aromatic nitrogens is 4. The van der Waals surface area contributed by atoms with Crippen molar-refractivity contribution in [3.05, 3.63) is 47.7 Å². The van der Waals surface area contributed by atoms with Crippen molar-refractivity contribution in [1.29, 1.82) is 0 Å². The zero-order chi connectivity index (χ0) is 19.0. The Bertz CT molecular complexity index is 935. The molecule has 0 aromatic carbocycles. The van der Waals surface area contributed by atoms with Crippen LogP contribution in [-0.2, 0) is 6.54 Å². The second-order valence-corrected chi connectivity index (χ2v) is 7.17. The number of hydrogen-bond donors (Lipinski definition) is 1. The molecule has 142 valence electrons. The predicted molar refractivity (Wildman–Crippen MR) is 104 cm³/mol. The molecule has 0 radical (unpaired) electrons. The van der Waals surface area contributed by atoms with Crippen molar-refractivity contribution < 1.29 is 4.39 Å². The van der Waals surface area contributed by atoms with Crippen LogP contribution in [0.2, 0.25) is 0 Å². The molecule has 0 aliphatic carbocycles. The normalized spacial score (nSPS) is 17.2. The lowest BCUT2D eigenvalue weighted by Crippen LogP contribution is -2.31. The van der Waals surface area contributed by atoms with Gasteiger partial charge in [0.05, 0.1) is 24.1 Å². The van der Waals surface area contributed by atoms with Gasteiger partial charge in [-0.2, -0.15) is 0 Å². The van der Waals surface area contributed by atoms with Gasteiger partial charge in [0.1, 0.15) is 17.5 Å². The summed E-state index contributed by atoms with van der Waals surface area (Å²) in [6.45, 7) is 4.47. The minimum absolute atomic E-state index is 0.348. The Morgan fingerprint density at radius 2 is 2.11 bits per heavy atom. The molecule has 3 aromatic heterocycles. The van der Waals surface area contributed by atoms with Crippen molar-refractivity contribution in [3.63, 3.8) is 0 Å². The molecule has 3 aromatic rings. The van der Waals surface area contributed by atoms with Gasteiger partial charge in [-0.15, -0.1) is 5.10 Å². The van der Waals surface area contributed by atoms with E-state index in [1.54, 1.807) is 6.07 Å². The van der Waals surface area contributed by atoms with Crippen molar-refractivity contribution in [1.82, 2.24) is 24.5 Å². The van der Waals surface area contributed by atoms with Gasteiger partial charge in [0.15, 0.2) is 5.65 Å². The number of rotatable bonds is 5. The number of aryl methyl sites for hydroxylation is 1. The van der Waals surface area contributed by atoms with Crippen LogP contribution in [0.25, 0.3) is 5.65 Å². The summed E-state index contributed by atoms with van der Waals surface area (Å²) in [7, 11) is 4.24. The van der Waals surface area contributed by atoms with Crippen LogP contribution >= 0.6 is 0 Å². The summed E-state index contributed by atoms with van der Waals surface area (Å²) in [4.78, 5) is 13.2. The first kappa shape index (κ1) is 17.7. The van der Waals surface area contributed by atoms with E-state index >= 15 is 0 Å². The molecule has 0 saturated carbocycles. The van der Waals surface area contributed by atoms with Crippen LogP contribution in [0.4, 0.5) is 16.0 Å². The molecule has 8 heteroatoms. The summed E-state index contributed by atoms with van der Waals surface area (Å²) < 4.78 is 14.9. The Balaban J connectivity index is 1.57. The van der Waals surface area contributed by atoms with Crippen molar-refractivity contribution >= 4 is 17.3 Å². The molecule has 1 fully saturated rings. The van der Waals surface area contributed by atoms with E-state index in [2.05, 4.69) is 39.2 Å². The average Bonchev–Trinajstić information content (AvgIpc) is 3.25. The van der Waals surface area contributed by atoms with E-state index in [9.17, 15) is 4.39 Å². The minimum atomic E-state index is -0.348. The monoisotopic (exact) mass is 369 g/mol. The summed E-state index contributed by atoms with van der Waals surface area (Å²) >= 11 is 0. The molecule has 0 bridgehead atoms. The Labute approximate surface area is 157 Å². The molecule has 0 amide bonds. The zero-order valence-electron chi connectivity index (χ0n) is 15.9. The zero-order valence-corrected chi connectivity index (χ0v) is 15.9. The number of hydrogen-bond acceptors (Lipinski definition) is 6. The third kappa shape index (κ3) is 3.57. The largest absolute Gasteiger partial charge is 0.364 e. The molecule has 1 aliphatic rings. The maximum atomic E-state index is 13.0. The second kappa shape index (κ2) is 7.11. The first-order valence-electron chi connectivity index (χ1n) is 9.13. The van der Waals surface area contributed by atoms with Crippen LogP contribution in [0.15, 0.2) is 30.5 Å². The summed E-state index contributed by atoms with van der Waals surface area (Å²) in [6, 6.07) is 7.62. The van der Waals surface area contributed by atoms with Crippen LogP contribution < -0.4 is 10.2 Å². The number of likely N-dealkylation sites (N-methyl/N-ethyl adjacent to an activating group) is 1. The molecule has 1 N–H and O–H groups in total. The van der Waals surface area contributed by atoms with Crippen LogP contribution in [0, 0.1) is 12.7 Å². The first-order valence-corrected chi connectivity index (χ1v) is 9.13. The molecule has 1 atom stereocenters. The molecular weight excluding hydrogens is 345 g/mol. The quantitative estimate of drug-likeness (QED) is 0.745. The Morgan fingerprint density at radius 1 is 1.26 bits per heavy atom.